The Morgan fingerprint density at radius 2 is 1.76 bits per heavy atom. The fourth-order valence-electron chi connectivity index (χ4n) is 2.33. The first kappa shape index (κ1) is 25.8. The lowest BCUT2D eigenvalue weighted by Crippen LogP contribution is -2.03. The summed E-state index contributed by atoms with van der Waals surface area (Å²) < 4.78 is 0. The molecule has 13 heteroatoms. The zero-order valence-electron chi connectivity index (χ0n) is 18.4. The highest BCUT2D eigenvalue weighted by Crippen LogP contribution is 2.14. The Morgan fingerprint density at radius 3 is 2.42 bits per heavy atom. The van der Waals surface area contributed by atoms with E-state index in [0.717, 1.165) is 27.8 Å². The van der Waals surface area contributed by atoms with Crippen molar-refractivity contribution in [2.75, 3.05) is 31.6 Å². The molecule has 0 aromatic carbocycles. The molecule has 0 bridgehead atoms. The number of aliphatic hydroxyl groups excluding tert-OH is 2. The van der Waals surface area contributed by atoms with Gasteiger partial charge in [-0.1, -0.05) is 39.9 Å². The van der Waals surface area contributed by atoms with Crippen LogP contribution in [0.5, 0.6) is 0 Å². The van der Waals surface area contributed by atoms with E-state index in [4.69, 9.17) is 27.5 Å². The van der Waals surface area contributed by atoms with Crippen molar-refractivity contribution in [3.05, 3.63) is 53.8 Å². The summed E-state index contributed by atoms with van der Waals surface area (Å²) in [4.78, 5) is 28.6. The molecule has 0 atom stereocenters. The molecule has 0 amide bonds. The van der Waals surface area contributed by atoms with Crippen molar-refractivity contribution in [2.45, 2.75) is 13.8 Å². The zero-order valence-corrected chi connectivity index (χ0v) is 19.1. The van der Waals surface area contributed by atoms with Gasteiger partial charge in [0.15, 0.2) is 29.3 Å². The highest BCUT2D eigenvalue weighted by atomic mass is 35.5. The van der Waals surface area contributed by atoms with Gasteiger partial charge in [-0.3, -0.25) is 4.98 Å². The minimum Gasteiger partial charge on any atom is -0.392 e. The van der Waals surface area contributed by atoms with Crippen LogP contribution < -0.4 is 16.0 Å². The Hall–Kier alpha value is -3.45. The molecule has 4 heterocycles. The molecular formula is C20H28ClN10O2+. The van der Waals surface area contributed by atoms with E-state index < -0.39 is 0 Å². The van der Waals surface area contributed by atoms with E-state index in [-0.39, 0.29) is 13.2 Å². The van der Waals surface area contributed by atoms with Gasteiger partial charge in [0.1, 0.15) is 11.8 Å². The van der Waals surface area contributed by atoms with Crippen LogP contribution in [-0.2, 0) is 0 Å². The second kappa shape index (κ2) is 13.9. The predicted octanol–water partition coefficient (Wildman–Crippen LogP) is 1.01. The average molecular weight is 476 g/mol. The largest absolute Gasteiger partial charge is 0.392 e. The first-order valence-corrected chi connectivity index (χ1v) is 10.3. The number of aromatic amines is 3. The highest BCUT2D eigenvalue weighted by molar-refractivity contribution is 6.33. The molecule has 4 aromatic rings. The second-order valence-electron chi connectivity index (χ2n) is 6.68. The van der Waals surface area contributed by atoms with Crippen molar-refractivity contribution in [3.8, 4) is 0 Å². The summed E-state index contributed by atoms with van der Waals surface area (Å²) in [6.07, 6.45) is 9.82. The van der Waals surface area contributed by atoms with Gasteiger partial charge in [-0.2, -0.15) is 0 Å². The van der Waals surface area contributed by atoms with E-state index in [1.165, 1.54) is 12.7 Å². The fourth-order valence-corrected chi connectivity index (χ4v) is 2.52. The van der Waals surface area contributed by atoms with Crippen molar-refractivity contribution < 1.29 is 15.2 Å². The van der Waals surface area contributed by atoms with Gasteiger partial charge in [0.25, 0.3) is 0 Å². The number of nitrogens with one attached hydrogen (secondary N) is 4. The predicted molar refractivity (Wildman–Crippen MR) is 126 cm³/mol. The zero-order chi connectivity index (χ0) is 24.1. The Labute approximate surface area is 195 Å². The second-order valence-corrected chi connectivity index (χ2v) is 7.04. The van der Waals surface area contributed by atoms with Crippen LogP contribution in [0.25, 0.3) is 22.3 Å². The van der Waals surface area contributed by atoms with E-state index >= 15 is 0 Å². The van der Waals surface area contributed by atoms with Crippen molar-refractivity contribution in [1.82, 2.24) is 34.9 Å². The summed E-state index contributed by atoms with van der Waals surface area (Å²) in [5.41, 5.74) is 9.86. The van der Waals surface area contributed by atoms with Crippen molar-refractivity contribution in [3.63, 3.8) is 0 Å². The topological polar surface area (TPSA) is 189 Å². The molecule has 12 nitrogen and oxygen atoms in total. The summed E-state index contributed by atoms with van der Waals surface area (Å²) in [7, 11) is 0. The number of hydrogen-bond donors (Lipinski definition) is 6. The number of nitrogens with two attached hydrogens (primary N) is 1. The highest BCUT2D eigenvalue weighted by Gasteiger charge is 2.07. The number of rotatable bonds is 6. The van der Waals surface area contributed by atoms with Crippen LogP contribution in [-0.4, -0.2) is 71.4 Å². The molecule has 0 aliphatic rings. The number of aromatic nitrogens is 8. The Bertz CT molecular complexity index is 1190. The molecular weight excluding hydrogens is 448 g/mol. The van der Waals surface area contributed by atoms with Crippen LogP contribution in [0.1, 0.15) is 13.8 Å². The van der Waals surface area contributed by atoms with Crippen molar-refractivity contribution >= 4 is 39.7 Å². The molecule has 8 N–H and O–H groups in total. The molecule has 4 aromatic heterocycles. The molecule has 0 saturated heterocycles. The molecule has 4 rings (SSSR count). The number of hydrogen-bond acceptors (Lipinski definition) is 9. The smallest absolute Gasteiger partial charge is 0.304 e. The molecule has 0 fully saturated rings. The number of halogens is 1. The minimum atomic E-state index is 0.0743. The third-order valence-corrected chi connectivity index (χ3v) is 4.42. The summed E-state index contributed by atoms with van der Waals surface area (Å²) >= 11 is 5.70. The van der Waals surface area contributed by atoms with Crippen LogP contribution in [0.4, 0.5) is 5.82 Å². The van der Waals surface area contributed by atoms with Gasteiger partial charge in [0.2, 0.25) is 5.52 Å². The summed E-state index contributed by atoms with van der Waals surface area (Å²) in [6.45, 7) is 5.03. The number of anilines is 1. The first-order valence-electron chi connectivity index (χ1n) is 9.96. The van der Waals surface area contributed by atoms with Gasteiger partial charge in [-0.05, 0) is 13.8 Å². The SMILES string of the molecule is C/C(=C\CN)CO.C/C(=C\CNc1ncnc2nc[nH]c12)CO.Clc1ncnc2[nH+]c[nH]c12. The van der Waals surface area contributed by atoms with Gasteiger partial charge in [-0.25, -0.2) is 24.9 Å². The number of aliphatic hydroxyl groups is 2. The van der Waals surface area contributed by atoms with E-state index in [0.29, 0.717) is 29.7 Å². The van der Waals surface area contributed by atoms with E-state index in [9.17, 15) is 0 Å². The van der Waals surface area contributed by atoms with Crippen molar-refractivity contribution in [1.29, 1.82) is 0 Å². The van der Waals surface area contributed by atoms with Gasteiger partial charge in [0.05, 0.1) is 19.5 Å². The van der Waals surface area contributed by atoms with E-state index in [1.807, 2.05) is 19.9 Å². The number of H-pyrrole nitrogens is 3. The number of fused-ring (bicyclic) bond motifs is 2. The Kier molecular flexibility index (Phi) is 10.8. The lowest BCUT2D eigenvalue weighted by atomic mass is 10.3. The summed E-state index contributed by atoms with van der Waals surface area (Å²) in [6, 6.07) is 0. The van der Waals surface area contributed by atoms with Crippen LogP contribution >= 0.6 is 11.6 Å². The summed E-state index contributed by atoms with van der Waals surface area (Å²) in [5.74, 6) is 0.712. The Balaban J connectivity index is 0.000000194. The maximum absolute atomic E-state index is 8.83. The Morgan fingerprint density at radius 1 is 1.03 bits per heavy atom. The molecule has 0 spiro atoms. The van der Waals surface area contributed by atoms with Crippen LogP contribution in [0.15, 0.2) is 48.6 Å². The lowest BCUT2D eigenvalue weighted by molar-refractivity contribution is -0.347. The minimum absolute atomic E-state index is 0.0743. The fraction of sp³-hybridized carbons (Fsp3) is 0.300. The molecule has 176 valence electrons. The molecule has 0 unspecified atom stereocenters. The third-order valence-electron chi connectivity index (χ3n) is 4.13. The average Bonchev–Trinajstić information content (AvgIpc) is 3.50. The van der Waals surface area contributed by atoms with E-state index in [2.05, 4.69) is 45.2 Å². The maximum Gasteiger partial charge on any atom is 0.304 e. The maximum atomic E-state index is 8.83. The standard InChI is InChI=1S/C10H13N5O.C5H3ClN4.C5H11NO/c1-7(4-16)2-3-11-9-8-10(13-5-12-8)15-6-14-9;6-4-3-5(9-1-7-3)10-2-8-4;1-5(4-7)2-3-6/h2,5-6,16H,3-4H2,1H3,(H2,11,12,13,14,15);1-2H,(H,7,8,9,10);2,7H,3-4,6H2,1H3/p+1/b7-2+;;5-2+. The van der Waals surface area contributed by atoms with Crippen LogP contribution in [0, 0.1) is 0 Å². The third kappa shape index (κ3) is 8.20. The van der Waals surface area contributed by atoms with Gasteiger partial charge in [-0.15, -0.1) is 0 Å². The first-order chi connectivity index (χ1) is 16.0. The molecule has 33 heavy (non-hydrogen) atoms. The van der Waals surface area contributed by atoms with Gasteiger partial charge < -0.3 is 26.2 Å². The molecule has 0 aliphatic heterocycles. The van der Waals surface area contributed by atoms with Crippen LogP contribution in [0.3, 0.4) is 0 Å². The number of imidazole rings is 2. The van der Waals surface area contributed by atoms with E-state index in [1.54, 1.807) is 18.7 Å². The monoisotopic (exact) mass is 475 g/mol. The summed E-state index contributed by atoms with van der Waals surface area (Å²) in [5, 5.41) is 20.7. The number of nitrogens with zero attached hydrogens (tertiary/aromatic N) is 5. The van der Waals surface area contributed by atoms with Gasteiger partial charge in [0, 0.05) is 13.1 Å². The molecule has 0 radical (unpaired) electrons. The quantitative estimate of drug-likeness (QED) is 0.174. The van der Waals surface area contributed by atoms with Gasteiger partial charge >= 0.3 is 5.65 Å². The van der Waals surface area contributed by atoms with Crippen molar-refractivity contribution in [2.24, 2.45) is 5.73 Å². The lowest BCUT2D eigenvalue weighted by Gasteiger charge is -2.03. The normalized spacial score (nSPS) is 11.6. The van der Waals surface area contributed by atoms with Crippen LogP contribution in [0.2, 0.25) is 5.15 Å². The molecule has 0 saturated carbocycles. The molecule has 0 aliphatic carbocycles.